The molecule has 0 aliphatic heterocycles. The van der Waals surface area contributed by atoms with Crippen LogP contribution in [0.3, 0.4) is 0 Å². The number of rotatable bonds is 7. The van der Waals surface area contributed by atoms with E-state index >= 15 is 0 Å². The van der Waals surface area contributed by atoms with Crippen molar-refractivity contribution in [2.24, 2.45) is 0 Å². The molecule has 29 heavy (non-hydrogen) atoms. The topological polar surface area (TPSA) is 104 Å². The molecule has 7 nitrogen and oxygen atoms in total. The average molecular weight is 442 g/mol. The van der Waals surface area contributed by atoms with Gasteiger partial charge in [0.15, 0.2) is 11.6 Å². The number of benzene rings is 1. The Morgan fingerprint density at radius 2 is 2.00 bits per heavy atom. The fraction of sp³-hybridized carbons (Fsp3) is 0.250. The van der Waals surface area contributed by atoms with E-state index in [0.717, 1.165) is 6.07 Å². The van der Waals surface area contributed by atoms with Crippen molar-refractivity contribution >= 4 is 29.0 Å². The van der Waals surface area contributed by atoms with Crippen LogP contribution >= 0.6 is 11.6 Å². The molecular weight excluding hydrogens is 429 g/mol. The standard InChI is InChI=1S/C16H13ClF5N3O4/c17-10-3-7(16(20,21)22)4-23-14(10)24-13-9(1-2-11(18)12(13)19)15(28)25-29-6-8(27)5-26/h1-4,8,26-27H,5-6H2,(H,23,24)(H,25,28). The summed E-state index contributed by atoms with van der Waals surface area (Å²) in [6, 6.07) is 2.03. The molecule has 0 fully saturated rings. The van der Waals surface area contributed by atoms with Gasteiger partial charge in [0, 0.05) is 6.20 Å². The first-order chi connectivity index (χ1) is 13.5. The number of hydrogen-bond donors (Lipinski definition) is 4. The van der Waals surface area contributed by atoms with E-state index in [2.05, 4.69) is 15.1 Å². The normalized spacial score (nSPS) is 12.6. The van der Waals surface area contributed by atoms with Crippen LogP contribution in [0.5, 0.6) is 0 Å². The SMILES string of the molecule is O=C(NOCC(O)CO)c1ccc(F)c(F)c1Nc1ncc(C(F)(F)F)cc1Cl. The van der Waals surface area contributed by atoms with Crippen molar-refractivity contribution in [1.82, 2.24) is 10.5 Å². The van der Waals surface area contributed by atoms with E-state index in [0.29, 0.717) is 18.3 Å². The van der Waals surface area contributed by atoms with E-state index in [4.69, 9.17) is 21.8 Å². The summed E-state index contributed by atoms with van der Waals surface area (Å²) in [4.78, 5) is 20.2. The number of amides is 1. The summed E-state index contributed by atoms with van der Waals surface area (Å²) in [6.45, 7) is -1.15. The number of aliphatic hydroxyl groups is 2. The monoisotopic (exact) mass is 441 g/mol. The summed E-state index contributed by atoms with van der Waals surface area (Å²) >= 11 is 5.73. The third-order valence-corrected chi connectivity index (χ3v) is 3.69. The number of hydroxylamine groups is 1. The summed E-state index contributed by atoms with van der Waals surface area (Å²) in [7, 11) is 0. The number of nitrogens with one attached hydrogen (secondary N) is 2. The van der Waals surface area contributed by atoms with Gasteiger partial charge in [-0.2, -0.15) is 13.2 Å². The van der Waals surface area contributed by atoms with Crippen LogP contribution in [0.4, 0.5) is 33.5 Å². The molecule has 0 saturated heterocycles. The first kappa shape index (κ1) is 22.7. The number of carbonyl (C=O) groups is 1. The van der Waals surface area contributed by atoms with Crippen LogP contribution < -0.4 is 10.8 Å². The Hall–Kier alpha value is -2.54. The van der Waals surface area contributed by atoms with Crippen LogP contribution in [0.15, 0.2) is 24.4 Å². The van der Waals surface area contributed by atoms with Gasteiger partial charge in [-0.25, -0.2) is 19.2 Å². The molecule has 1 unspecified atom stereocenters. The smallest absolute Gasteiger partial charge is 0.394 e. The maximum atomic E-state index is 14.2. The molecule has 1 amide bonds. The van der Waals surface area contributed by atoms with Gasteiger partial charge in [-0.05, 0) is 18.2 Å². The number of nitrogens with zero attached hydrogens (tertiary/aromatic N) is 1. The van der Waals surface area contributed by atoms with E-state index in [1.807, 2.05) is 5.48 Å². The number of anilines is 2. The summed E-state index contributed by atoms with van der Waals surface area (Å²) < 4.78 is 65.9. The predicted molar refractivity (Wildman–Crippen MR) is 90.4 cm³/mol. The van der Waals surface area contributed by atoms with E-state index in [9.17, 15) is 26.7 Å². The molecule has 0 bridgehead atoms. The largest absolute Gasteiger partial charge is 0.417 e. The van der Waals surface area contributed by atoms with Crippen molar-refractivity contribution in [2.45, 2.75) is 12.3 Å². The molecule has 0 aliphatic carbocycles. The van der Waals surface area contributed by atoms with Gasteiger partial charge in [-0.15, -0.1) is 0 Å². The highest BCUT2D eigenvalue weighted by molar-refractivity contribution is 6.33. The molecule has 158 valence electrons. The third kappa shape index (κ3) is 5.73. The highest BCUT2D eigenvalue weighted by Gasteiger charge is 2.32. The Kier molecular flexibility index (Phi) is 7.30. The van der Waals surface area contributed by atoms with Gasteiger partial charge in [0.1, 0.15) is 18.5 Å². The number of pyridine rings is 1. The summed E-state index contributed by atoms with van der Waals surface area (Å²) in [5, 5.41) is 19.4. The van der Waals surface area contributed by atoms with Crippen LogP contribution in [0.2, 0.25) is 5.02 Å². The quantitative estimate of drug-likeness (QED) is 0.389. The van der Waals surface area contributed by atoms with Gasteiger partial charge < -0.3 is 15.5 Å². The van der Waals surface area contributed by atoms with Crippen molar-refractivity contribution in [1.29, 1.82) is 0 Å². The lowest BCUT2D eigenvalue weighted by Crippen LogP contribution is -2.30. The molecule has 1 aromatic heterocycles. The van der Waals surface area contributed by atoms with Crippen LogP contribution in [0.25, 0.3) is 0 Å². The number of aromatic nitrogens is 1. The number of carbonyl (C=O) groups excluding carboxylic acids is 1. The maximum Gasteiger partial charge on any atom is 0.417 e. The van der Waals surface area contributed by atoms with Crippen LogP contribution in [0.1, 0.15) is 15.9 Å². The number of halogens is 6. The Balaban J connectivity index is 2.30. The minimum atomic E-state index is -4.72. The second kappa shape index (κ2) is 9.31. The van der Waals surface area contributed by atoms with Crippen molar-refractivity contribution in [3.63, 3.8) is 0 Å². The van der Waals surface area contributed by atoms with Gasteiger partial charge in [0.05, 0.1) is 28.4 Å². The van der Waals surface area contributed by atoms with Crippen molar-refractivity contribution < 1.29 is 41.8 Å². The molecule has 2 aromatic rings. The summed E-state index contributed by atoms with van der Waals surface area (Å²) in [6.07, 6.45) is -5.60. The van der Waals surface area contributed by atoms with Gasteiger partial charge in [-0.3, -0.25) is 9.63 Å². The van der Waals surface area contributed by atoms with Crippen LogP contribution in [-0.4, -0.2) is 40.4 Å². The Bertz CT molecular complexity index is 898. The van der Waals surface area contributed by atoms with E-state index in [-0.39, 0.29) is 0 Å². The first-order valence-corrected chi connectivity index (χ1v) is 8.11. The van der Waals surface area contributed by atoms with Crippen LogP contribution in [0, 0.1) is 11.6 Å². The Morgan fingerprint density at radius 3 is 2.59 bits per heavy atom. The first-order valence-electron chi connectivity index (χ1n) is 7.73. The minimum Gasteiger partial charge on any atom is -0.394 e. The molecule has 0 radical (unpaired) electrons. The van der Waals surface area contributed by atoms with Gasteiger partial charge in [-0.1, -0.05) is 11.6 Å². The number of hydrogen-bond acceptors (Lipinski definition) is 6. The second-order valence-corrected chi connectivity index (χ2v) is 5.95. The van der Waals surface area contributed by atoms with E-state index in [1.165, 1.54) is 0 Å². The molecule has 1 heterocycles. The Morgan fingerprint density at radius 1 is 1.31 bits per heavy atom. The minimum absolute atomic E-state index is 0.421. The molecule has 1 atom stereocenters. The summed E-state index contributed by atoms with van der Waals surface area (Å²) in [5.74, 6) is -4.43. The number of aliphatic hydroxyl groups excluding tert-OH is 2. The molecule has 1 aromatic carbocycles. The molecule has 0 saturated carbocycles. The molecule has 13 heteroatoms. The van der Waals surface area contributed by atoms with Gasteiger partial charge >= 0.3 is 6.18 Å². The molecular formula is C16H13ClF5N3O4. The Labute approximate surface area is 165 Å². The zero-order valence-electron chi connectivity index (χ0n) is 14.2. The zero-order chi connectivity index (χ0) is 21.8. The second-order valence-electron chi connectivity index (χ2n) is 5.54. The molecule has 0 aliphatic rings. The number of alkyl halides is 3. The van der Waals surface area contributed by atoms with Gasteiger partial charge in [0.25, 0.3) is 5.91 Å². The maximum absolute atomic E-state index is 14.2. The lowest BCUT2D eigenvalue weighted by Gasteiger charge is -2.15. The summed E-state index contributed by atoms with van der Waals surface area (Å²) in [5.41, 5.74) is -0.587. The highest BCUT2D eigenvalue weighted by Crippen LogP contribution is 2.34. The molecule has 4 N–H and O–H groups in total. The van der Waals surface area contributed by atoms with E-state index < -0.39 is 70.7 Å². The lowest BCUT2D eigenvalue weighted by molar-refractivity contribution is -0.137. The van der Waals surface area contributed by atoms with Gasteiger partial charge in [0.2, 0.25) is 0 Å². The molecule has 0 spiro atoms. The average Bonchev–Trinajstić information content (AvgIpc) is 2.65. The zero-order valence-corrected chi connectivity index (χ0v) is 15.0. The highest BCUT2D eigenvalue weighted by atomic mass is 35.5. The van der Waals surface area contributed by atoms with Crippen molar-refractivity contribution in [3.8, 4) is 0 Å². The fourth-order valence-corrected chi connectivity index (χ4v) is 2.19. The predicted octanol–water partition coefficient (Wildman–Crippen LogP) is 2.79. The van der Waals surface area contributed by atoms with Crippen LogP contribution in [-0.2, 0) is 11.0 Å². The van der Waals surface area contributed by atoms with Crippen molar-refractivity contribution in [3.05, 3.63) is 52.2 Å². The third-order valence-electron chi connectivity index (χ3n) is 3.40. The fourth-order valence-electron chi connectivity index (χ4n) is 1.98. The van der Waals surface area contributed by atoms with Crippen molar-refractivity contribution in [2.75, 3.05) is 18.5 Å². The molecule has 2 rings (SSSR count). The van der Waals surface area contributed by atoms with E-state index in [1.54, 1.807) is 0 Å². The lowest BCUT2D eigenvalue weighted by atomic mass is 10.1.